The van der Waals surface area contributed by atoms with Crippen LogP contribution in [-0.4, -0.2) is 24.5 Å². The summed E-state index contributed by atoms with van der Waals surface area (Å²) in [5.74, 6) is 0.518. The molecule has 1 saturated carbocycles. The van der Waals surface area contributed by atoms with E-state index in [4.69, 9.17) is 37.4 Å². The van der Waals surface area contributed by atoms with Gasteiger partial charge in [-0.15, -0.1) is 23.2 Å². The second kappa shape index (κ2) is 4.86. The predicted octanol–water partition coefficient (Wildman–Crippen LogP) is 2.80. The number of ether oxygens (including phenoxy) is 3. The van der Waals surface area contributed by atoms with E-state index in [0.29, 0.717) is 23.7 Å². The van der Waals surface area contributed by atoms with Gasteiger partial charge in [-0.2, -0.15) is 0 Å². The Morgan fingerprint density at radius 3 is 2.39 bits per heavy atom. The van der Waals surface area contributed by atoms with Gasteiger partial charge in [-0.1, -0.05) is 0 Å². The third-order valence-electron chi connectivity index (χ3n) is 2.68. The van der Waals surface area contributed by atoms with Gasteiger partial charge in [0.05, 0.1) is 20.1 Å². The average molecular weight is 291 g/mol. The van der Waals surface area contributed by atoms with Gasteiger partial charge in [0.25, 0.3) is 0 Å². The average Bonchev–Trinajstić information content (AvgIpc) is 2.98. The van der Waals surface area contributed by atoms with E-state index >= 15 is 0 Å². The van der Waals surface area contributed by atoms with Gasteiger partial charge >= 0.3 is 5.97 Å². The summed E-state index contributed by atoms with van der Waals surface area (Å²) < 4.78 is 14.4. The predicted molar refractivity (Wildman–Crippen MR) is 67.7 cm³/mol. The highest BCUT2D eigenvalue weighted by atomic mass is 35.5. The van der Waals surface area contributed by atoms with Gasteiger partial charge < -0.3 is 14.2 Å². The summed E-state index contributed by atoms with van der Waals surface area (Å²) in [5, 5.41) is 0. The molecule has 1 unspecified atom stereocenters. The fraction of sp³-hybridized carbons (Fsp3) is 0.417. The van der Waals surface area contributed by atoms with Crippen LogP contribution in [0.5, 0.6) is 17.2 Å². The summed E-state index contributed by atoms with van der Waals surface area (Å²) in [4.78, 5) is 11.7. The van der Waals surface area contributed by atoms with Gasteiger partial charge in [-0.3, -0.25) is 4.79 Å². The lowest BCUT2D eigenvalue weighted by atomic mass is 10.3. The van der Waals surface area contributed by atoms with Crippen molar-refractivity contribution in [2.24, 2.45) is 5.92 Å². The zero-order valence-electron chi connectivity index (χ0n) is 9.91. The summed E-state index contributed by atoms with van der Waals surface area (Å²) in [5.41, 5.74) is 0. The minimum absolute atomic E-state index is 0.369. The first-order valence-corrected chi connectivity index (χ1v) is 6.05. The molecule has 0 amide bonds. The SMILES string of the molecule is COc1ccc(OC(=O)C2CC2(Cl)Cl)cc1OC. The first-order valence-electron chi connectivity index (χ1n) is 5.29. The molecule has 1 aliphatic rings. The number of carbonyl (C=O) groups excluding carboxylic acids is 1. The molecular weight excluding hydrogens is 279 g/mol. The van der Waals surface area contributed by atoms with E-state index in [1.54, 1.807) is 18.2 Å². The van der Waals surface area contributed by atoms with Crippen molar-refractivity contribution in [3.05, 3.63) is 18.2 Å². The molecular formula is C12H12Cl2O4. The molecule has 0 saturated heterocycles. The van der Waals surface area contributed by atoms with Crippen molar-refractivity contribution >= 4 is 29.2 Å². The van der Waals surface area contributed by atoms with E-state index in [0.717, 1.165) is 0 Å². The summed E-state index contributed by atoms with van der Waals surface area (Å²) in [6, 6.07) is 4.85. The fourth-order valence-corrected chi connectivity index (χ4v) is 2.02. The Labute approximate surface area is 115 Å². The number of alkyl halides is 2. The molecule has 0 heterocycles. The van der Waals surface area contributed by atoms with Crippen molar-refractivity contribution < 1.29 is 19.0 Å². The monoisotopic (exact) mass is 290 g/mol. The van der Waals surface area contributed by atoms with E-state index in [1.165, 1.54) is 14.2 Å². The number of rotatable bonds is 4. The van der Waals surface area contributed by atoms with E-state index in [1.807, 2.05) is 0 Å². The maximum atomic E-state index is 11.7. The third-order valence-corrected chi connectivity index (χ3v) is 3.52. The highest BCUT2D eigenvalue weighted by Crippen LogP contribution is 2.53. The lowest BCUT2D eigenvalue weighted by Gasteiger charge is -2.09. The Kier molecular flexibility index (Phi) is 3.59. The second-order valence-corrected chi connectivity index (χ2v) is 5.50. The van der Waals surface area contributed by atoms with Gasteiger partial charge in [-0.05, 0) is 18.6 Å². The molecule has 1 atom stereocenters. The van der Waals surface area contributed by atoms with Crippen LogP contribution in [0, 0.1) is 5.92 Å². The maximum Gasteiger partial charge on any atom is 0.317 e. The molecule has 1 aromatic rings. The van der Waals surface area contributed by atoms with Crippen LogP contribution in [0.3, 0.4) is 0 Å². The van der Waals surface area contributed by atoms with Crippen LogP contribution >= 0.6 is 23.2 Å². The van der Waals surface area contributed by atoms with E-state index < -0.39 is 16.2 Å². The molecule has 2 rings (SSSR count). The van der Waals surface area contributed by atoms with Crippen molar-refractivity contribution in [2.75, 3.05) is 14.2 Å². The van der Waals surface area contributed by atoms with Gasteiger partial charge in [0.15, 0.2) is 11.5 Å². The molecule has 1 aliphatic carbocycles. The van der Waals surface area contributed by atoms with Crippen LogP contribution in [0.25, 0.3) is 0 Å². The number of carbonyl (C=O) groups is 1. The van der Waals surface area contributed by atoms with Crippen LogP contribution in [0.15, 0.2) is 18.2 Å². The van der Waals surface area contributed by atoms with Crippen LogP contribution in [0.1, 0.15) is 6.42 Å². The van der Waals surface area contributed by atoms with E-state index in [2.05, 4.69) is 0 Å². The molecule has 0 bridgehead atoms. The Balaban J connectivity index is 2.08. The summed E-state index contributed by atoms with van der Waals surface area (Å²) in [6.07, 6.45) is 0.419. The molecule has 4 nitrogen and oxygen atoms in total. The Hall–Kier alpha value is -1.13. The number of methoxy groups -OCH3 is 2. The zero-order chi connectivity index (χ0) is 13.3. The summed E-state index contributed by atoms with van der Waals surface area (Å²) in [6.45, 7) is 0. The molecule has 6 heteroatoms. The van der Waals surface area contributed by atoms with Crippen LogP contribution in [0.4, 0.5) is 0 Å². The number of hydrogen-bond acceptors (Lipinski definition) is 4. The van der Waals surface area contributed by atoms with Crippen LogP contribution < -0.4 is 14.2 Å². The van der Waals surface area contributed by atoms with Crippen molar-refractivity contribution in [2.45, 2.75) is 10.8 Å². The van der Waals surface area contributed by atoms with Crippen molar-refractivity contribution in [1.82, 2.24) is 0 Å². The molecule has 0 aliphatic heterocycles. The lowest BCUT2D eigenvalue weighted by Crippen LogP contribution is -2.13. The minimum atomic E-state index is -0.979. The largest absolute Gasteiger partial charge is 0.493 e. The van der Waals surface area contributed by atoms with E-state index in [9.17, 15) is 4.79 Å². The van der Waals surface area contributed by atoms with Gasteiger partial charge in [0.1, 0.15) is 10.1 Å². The summed E-state index contributed by atoms with van der Waals surface area (Å²) in [7, 11) is 3.04. The second-order valence-electron chi connectivity index (χ2n) is 3.96. The van der Waals surface area contributed by atoms with Gasteiger partial charge in [0.2, 0.25) is 0 Å². The normalized spacial score (nSPS) is 20.1. The number of benzene rings is 1. The van der Waals surface area contributed by atoms with Crippen molar-refractivity contribution in [3.63, 3.8) is 0 Å². The first-order chi connectivity index (χ1) is 8.47. The third kappa shape index (κ3) is 2.65. The highest BCUT2D eigenvalue weighted by molar-refractivity contribution is 6.52. The van der Waals surface area contributed by atoms with Crippen LogP contribution in [0.2, 0.25) is 0 Å². The number of esters is 1. The first kappa shape index (κ1) is 13.3. The van der Waals surface area contributed by atoms with Crippen molar-refractivity contribution in [3.8, 4) is 17.2 Å². The Morgan fingerprint density at radius 2 is 1.89 bits per heavy atom. The quantitative estimate of drug-likeness (QED) is 0.486. The molecule has 1 aromatic carbocycles. The van der Waals surface area contributed by atoms with Crippen molar-refractivity contribution in [1.29, 1.82) is 0 Å². The summed E-state index contributed by atoms with van der Waals surface area (Å²) >= 11 is 11.6. The zero-order valence-corrected chi connectivity index (χ0v) is 11.4. The Bertz CT molecular complexity index is 473. The molecule has 0 radical (unpaired) electrons. The molecule has 18 heavy (non-hydrogen) atoms. The van der Waals surface area contributed by atoms with Crippen LogP contribution in [-0.2, 0) is 4.79 Å². The molecule has 1 fully saturated rings. The number of halogens is 2. The lowest BCUT2D eigenvalue weighted by molar-refractivity contribution is -0.135. The van der Waals surface area contributed by atoms with E-state index in [-0.39, 0.29) is 0 Å². The smallest absolute Gasteiger partial charge is 0.317 e. The fourth-order valence-electron chi connectivity index (χ4n) is 1.54. The highest BCUT2D eigenvalue weighted by Gasteiger charge is 2.57. The minimum Gasteiger partial charge on any atom is -0.493 e. The number of hydrogen-bond donors (Lipinski definition) is 0. The molecule has 0 N–H and O–H groups in total. The topological polar surface area (TPSA) is 44.8 Å². The molecule has 98 valence electrons. The van der Waals surface area contributed by atoms with Gasteiger partial charge in [-0.25, -0.2) is 0 Å². The Morgan fingerprint density at radius 1 is 1.28 bits per heavy atom. The van der Waals surface area contributed by atoms with Gasteiger partial charge in [0, 0.05) is 6.07 Å². The molecule has 0 aromatic heterocycles. The maximum absolute atomic E-state index is 11.7. The molecule has 0 spiro atoms. The standard InChI is InChI=1S/C12H12Cl2O4/c1-16-9-4-3-7(5-10(9)17-2)18-11(15)8-6-12(8,13)14/h3-5,8H,6H2,1-2H3.